The first-order chi connectivity index (χ1) is 20.2. The van der Waals surface area contributed by atoms with Crippen LogP contribution >= 0.6 is 11.3 Å². The molecule has 8 nitrogen and oxygen atoms in total. The van der Waals surface area contributed by atoms with Gasteiger partial charge >= 0.3 is 0 Å². The molecule has 0 saturated heterocycles. The molecule has 0 bridgehead atoms. The molecule has 2 atom stereocenters. The minimum absolute atomic E-state index is 0.196. The standard InChI is InChI=1S/C33H39N5O3S/c1-22(2)28-13-25(16-34-18-28)17-35-19-30(39)29(14-24-9-6-5-7-10-24)37-32(40)26-11-8-12-27(15-26)33(41)38(4)20-31-36-23(3)21-42-31/h5-13,15-16,18,21-22,29-30,35,39H,14,17,19-20H2,1-4H3,(H,37,40). The molecule has 0 aliphatic rings. The zero-order valence-electron chi connectivity index (χ0n) is 24.6. The number of rotatable bonds is 13. The molecule has 220 valence electrons. The number of aromatic nitrogens is 2. The van der Waals surface area contributed by atoms with Gasteiger partial charge in [-0.05, 0) is 54.2 Å². The average molecular weight is 586 g/mol. The Kier molecular flexibility index (Phi) is 10.9. The van der Waals surface area contributed by atoms with Crippen LogP contribution in [0, 0.1) is 6.92 Å². The van der Waals surface area contributed by atoms with Gasteiger partial charge in [0.25, 0.3) is 11.8 Å². The van der Waals surface area contributed by atoms with Gasteiger partial charge in [-0.3, -0.25) is 14.6 Å². The third kappa shape index (κ3) is 8.79. The monoisotopic (exact) mass is 585 g/mol. The van der Waals surface area contributed by atoms with Crippen LogP contribution in [0.3, 0.4) is 0 Å². The van der Waals surface area contributed by atoms with Crippen LogP contribution in [-0.2, 0) is 19.5 Å². The Morgan fingerprint density at radius 2 is 1.76 bits per heavy atom. The third-order valence-electron chi connectivity index (χ3n) is 7.00. The molecule has 0 saturated carbocycles. The molecule has 2 amide bonds. The Balaban J connectivity index is 1.42. The number of nitrogens with one attached hydrogen (secondary N) is 2. The van der Waals surface area contributed by atoms with Gasteiger partial charge in [-0.15, -0.1) is 11.3 Å². The van der Waals surface area contributed by atoms with Gasteiger partial charge in [0, 0.05) is 54.7 Å². The van der Waals surface area contributed by atoms with Crippen molar-refractivity contribution in [3.05, 3.63) is 117 Å². The maximum absolute atomic E-state index is 13.4. The second-order valence-corrected chi connectivity index (χ2v) is 11.8. The summed E-state index contributed by atoms with van der Waals surface area (Å²) in [4.78, 5) is 36.9. The SMILES string of the molecule is Cc1csc(CN(C)C(=O)c2cccc(C(=O)NC(Cc3ccccc3)C(O)CNCc3cncc(C(C)C)c3)c2)n1. The molecule has 4 aromatic rings. The zero-order chi connectivity index (χ0) is 30.1. The predicted octanol–water partition coefficient (Wildman–Crippen LogP) is 4.73. The first kappa shape index (κ1) is 31.0. The molecule has 0 radical (unpaired) electrons. The Morgan fingerprint density at radius 3 is 2.48 bits per heavy atom. The van der Waals surface area contributed by atoms with E-state index in [0.717, 1.165) is 27.4 Å². The Labute approximate surface area is 251 Å². The van der Waals surface area contributed by atoms with Gasteiger partial charge in [0.05, 0.1) is 18.7 Å². The van der Waals surface area contributed by atoms with Gasteiger partial charge in [-0.2, -0.15) is 0 Å². The molecule has 0 aliphatic heterocycles. The summed E-state index contributed by atoms with van der Waals surface area (Å²) >= 11 is 1.51. The molecule has 0 aliphatic carbocycles. The van der Waals surface area contributed by atoms with Crippen molar-refractivity contribution < 1.29 is 14.7 Å². The number of aliphatic hydroxyl groups is 1. The Bertz CT molecular complexity index is 1470. The number of carbonyl (C=O) groups is 2. The highest BCUT2D eigenvalue weighted by Crippen LogP contribution is 2.16. The summed E-state index contributed by atoms with van der Waals surface area (Å²) in [5.41, 5.74) is 4.89. The predicted molar refractivity (Wildman–Crippen MR) is 167 cm³/mol. The molecule has 2 aromatic heterocycles. The second-order valence-electron chi connectivity index (χ2n) is 10.9. The molecule has 0 fully saturated rings. The third-order valence-corrected chi connectivity index (χ3v) is 7.95. The molecule has 2 heterocycles. The lowest BCUT2D eigenvalue weighted by molar-refractivity contribution is 0.0784. The summed E-state index contributed by atoms with van der Waals surface area (Å²) in [5.74, 6) is -0.166. The smallest absolute Gasteiger partial charge is 0.253 e. The first-order valence-electron chi connectivity index (χ1n) is 14.1. The fourth-order valence-corrected chi connectivity index (χ4v) is 5.42. The fourth-order valence-electron chi connectivity index (χ4n) is 4.59. The number of pyridine rings is 1. The largest absolute Gasteiger partial charge is 0.390 e. The average Bonchev–Trinajstić information content (AvgIpc) is 3.41. The molecular weight excluding hydrogens is 546 g/mol. The number of aliphatic hydroxyl groups excluding tert-OH is 1. The number of hydrogen-bond acceptors (Lipinski definition) is 7. The summed E-state index contributed by atoms with van der Waals surface area (Å²) in [6, 6.07) is 18.0. The first-order valence-corrected chi connectivity index (χ1v) is 15.0. The van der Waals surface area contributed by atoms with Crippen molar-refractivity contribution in [2.45, 2.75) is 58.3 Å². The molecule has 2 aromatic carbocycles. The zero-order valence-corrected chi connectivity index (χ0v) is 25.4. The highest BCUT2D eigenvalue weighted by Gasteiger charge is 2.23. The van der Waals surface area contributed by atoms with E-state index in [1.807, 2.05) is 55.0 Å². The van der Waals surface area contributed by atoms with Crippen molar-refractivity contribution in [3.8, 4) is 0 Å². The summed E-state index contributed by atoms with van der Waals surface area (Å²) in [5, 5.41) is 20.3. The molecule has 9 heteroatoms. The van der Waals surface area contributed by atoms with Gasteiger partial charge in [0.15, 0.2) is 0 Å². The lowest BCUT2D eigenvalue weighted by Crippen LogP contribution is -2.48. The van der Waals surface area contributed by atoms with Crippen LogP contribution in [0.2, 0.25) is 0 Å². The van der Waals surface area contributed by atoms with E-state index in [1.54, 1.807) is 36.2 Å². The van der Waals surface area contributed by atoms with E-state index in [0.29, 0.717) is 36.6 Å². The van der Waals surface area contributed by atoms with Gasteiger partial charge < -0.3 is 20.6 Å². The highest BCUT2D eigenvalue weighted by atomic mass is 32.1. The van der Waals surface area contributed by atoms with E-state index < -0.39 is 12.1 Å². The van der Waals surface area contributed by atoms with E-state index in [4.69, 9.17) is 0 Å². The molecule has 0 spiro atoms. The summed E-state index contributed by atoms with van der Waals surface area (Å²) in [6.07, 6.45) is 3.29. The van der Waals surface area contributed by atoms with Gasteiger partial charge in [0.2, 0.25) is 0 Å². The molecular formula is C33H39N5O3S. The summed E-state index contributed by atoms with van der Waals surface area (Å²) < 4.78 is 0. The Morgan fingerprint density at radius 1 is 1.00 bits per heavy atom. The number of carbonyl (C=O) groups excluding carboxylic acids is 2. The lowest BCUT2D eigenvalue weighted by atomic mass is 10.00. The van der Waals surface area contributed by atoms with Crippen molar-refractivity contribution in [2.24, 2.45) is 0 Å². The quantitative estimate of drug-likeness (QED) is 0.209. The summed E-state index contributed by atoms with van der Waals surface area (Å²) in [6.45, 7) is 7.40. The van der Waals surface area contributed by atoms with Crippen molar-refractivity contribution in [3.63, 3.8) is 0 Å². The number of aryl methyl sites for hydroxylation is 1. The number of hydrogen-bond donors (Lipinski definition) is 3. The fraction of sp³-hybridized carbons (Fsp3) is 0.333. The van der Waals surface area contributed by atoms with Gasteiger partial charge in [-0.25, -0.2) is 4.98 Å². The van der Waals surface area contributed by atoms with Crippen LogP contribution in [-0.4, -0.2) is 57.5 Å². The van der Waals surface area contributed by atoms with E-state index >= 15 is 0 Å². The van der Waals surface area contributed by atoms with Crippen molar-refractivity contribution in [2.75, 3.05) is 13.6 Å². The van der Waals surface area contributed by atoms with Crippen LogP contribution < -0.4 is 10.6 Å². The van der Waals surface area contributed by atoms with Crippen molar-refractivity contribution >= 4 is 23.2 Å². The van der Waals surface area contributed by atoms with Crippen LogP contribution in [0.5, 0.6) is 0 Å². The normalized spacial score (nSPS) is 12.6. The van der Waals surface area contributed by atoms with Gasteiger partial charge in [-0.1, -0.05) is 56.3 Å². The lowest BCUT2D eigenvalue weighted by Gasteiger charge is -2.25. The Hall–Kier alpha value is -3.92. The summed E-state index contributed by atoms with van der Waals surface area (Å²) in [7, 11) is 1.72. The van der Waals surface area contributed by atoms with Crippen LogP contribution in [0.1, 0.15) is 67.9 Å². The molecule has 4 rings (SSSR count). The minimum atomic E-state index is -0.854. The second kappa shape index (κ2) is 14.8. The number of nitrogens with zero attached hydrogens (tertiary/aromatic N) is 3. The number of amides is 2. The van der Waals surface area contributed by atoms with E-state index in [1.165, 1.54) is 11.3 Å². The maximum Gasteiger partial charge on any atom is 0.253 e. The van der Waals surface area contributed by atoms with Gasteiger partial charge in [0.1, 0.15) is 5.01 Å². The van der Waals surface area contributed by atoms with Crippen LogP contribution in [0.25, 0.3) is 0 Å². The van der Waals surface area contributed by atoms with Crippen molar-refractivity contribution in [1.82, 2.24) is 25.5 Å². The number of thiazole rings is 1. The highest BCUT2D eigenvalue weighted by molar-refractivity contribution is 7.09. The maximum atomic E-state index is 13.4. The van der Waals surface area contributed by atoms with Crippen molar-refractivity contribution in [1.29, 1.82) is 0 Å². The molecule has 3 N–H and O–H groups in total. The topological polar surface area (TPSA) is 107 Å². The van der Waals surface area contributed by atoms with E-state index in [2.05, 4.69) is 40.5 Å². The molecule has 42 heavy (non-hydrogen) atoms. The number of benzene rings is 2. The van der Waals surface area contributed by atoms with E-state index in [9.17, 15) is 14.7 Å². The van der Waals surface area contributed by atoms with Crippen LogP contribution in [0.15, 0.2) is 78.4 Å². The van der Waals surface area contributed by atoms with E-state index in [-0.39, 0.29) is 18.4 Å². The molecule has 2 unspecified atom stereocenters. The van der Waals surface area contributed by atoms with Crippen LogP contribution in [0.4, 0.5) is 0 Å². The minimum Gasteiger partial charge on any atom is -0.390 e.